The van der Waals surface area contributed by atoms with Gasteiger partial charge in [0.05, 0.1) is 0 Å². The number of nitrogens with zero attached hydrogens (tertiary/aromatic N) is 4. The highest BCUT2D eigenvalue weighted by Gasteiger charge is 2.06. The summed E-state index contributed by atoms with van der Waals surface area (Å²) in [4.78, 5) is 15.1. The first kappa shape index (κ1) is 16.9. The zero-order valence-corrected chi connectivity index (χ0v) is 14.7. The highest BCUT2D eigenvalue weighted by molar-refractivity contribution is 5.42. The molecule has 0 fully saturated rings. The van der Waals surface area contributed by atoms with Gasteiger partial charge in [0.2, 0.25) is 5.95 Å². The average Bonchev–Trinajstić information content (AvgIpc) is 2.66. The molecule has 0 atom stereocenters. The zero-order chi connectivity index (χ0) is 17.5. The predicted molar refractivity (Wildman–Crippen MR) is 102 cm³/mol. The molecule has 1 N–H and O–H groups in total. The third-order valence-electron chi connectivity index (χ3n) is 4.22. The van der Waals surface area contributed by atoms with E-state index >= 15 is 0 Å². The minimum Gasteiger partial charge on any atom is -0.359 e. The van der Waals surface area contributed by atoms with Gasteiger partial charge in [0.15, 0.2) is 0 Å². The lowest BCUT2D eigenvalue weighted by atomic mass is 10.1. The van der Waals surface area contributed by atoms with Crippen LogP contribution in [-0.4, -0.2) is 28.5 Å². The second kappa shape index (κ2) is 8.24. The number of aryl methyl sites for hydroxylation is 1. The molecule has 5 heteroatoms. The predicted octanol–water partition coefficient (Wildman–Crippen LogP) is 3.47. The van der Waals surface area contributed by atoms with Gasteiger partial charge in [-0.15, -0.1) is 0 Å². The maximum absolute atomic E-state index is 4.62. The lowest BCUT2D eigenvalue weighted by Gasteiger charge is -2.18. The molecule has 0 unspecified atom stereocenters. The molecule has 3 rings (SSSR count). The summed E-state index contributed by atoms with van der Waals surface area (Å²) < 4.78 is 0. The van der Waals surface area contributed by atoms with Gasteiger partial charge in [0, 0.05) is 38.7 Å². The van der Waals surface area contributed by atoms with E-state index in [0.717, 1.165) is 25.3 Å². The molecule has 2 heterocycles. The molecular formula is C20H23N5. The van der Waals surface area contributed by atoms with Crippen molar-refractivity contribution >= 4 is 11.8 Å². The molecule has 5 nitrogen and oxygen atoms in total. The van der Waals surface area contributed by atoms with Gasteiger partial charge in [-0.25, -0.2) is 4.98 Å². The lowest BCUT2D eigenvalue weighted by molar-refractivity contribution is 0.853. The number of likely N-dealkylation sites (N-methyl/N-ethyl adjacent to an activating group) is 1. The summed E-state index contributed by atoms with van der Waals surface area (Å²) in [6.07, 6.45) is 6.40. The fourth-order valence-electron chi connectivity index (χ4n) is 2.59. The van der Waals surface area contributed by atoms with Crippen LogP contribution in [0.1, 0.15) is 16.7 Å². The Hall–Kier alpha value is -2.95. The van der Waals surface area contributed by atoms with E-state index in [1.165, 1.54) is 16.7 Å². The monoisotopic (exact) mass is 333 g/mol. The Morgan fingerprint density at radius 1 is 1.00 bits per heavy atom. The molecule has 0 bridgehead atoms. The largest absolute Gasteiger partial charge is 0.359 e. The molecular weight excluding hydrogens is 310 g/mol. The van der Waals surface area contributed by atoms with Gasteiger partial charge in [0.25, 0.3) is 0 Å². The smallest absolute Gasteiger partial charge is 0.224 e. The maximum atomic E-state index is 4.62. The Morgan fingerprint density at radius 2 is 1.80 bits per heavy atom. The van der Waals surface area contributed by atoms with Crippen molar-refractivity contribution in [3.05, 3.63) is 77.7 Å². The number of hydrogen-bond donors (Lipinski definition) is 1. The molecule has 0 aliphatic carbocycles. The number of nitrogens with one attached hydrogen (secondary N) is 1. The van der Waals surface area contributed by atoms with Gasteiger partial charge >= 0.3 is 0 Å². The zero-order valence-electron chi connectivity index (χ0n) is 14.7. The second-order valence-electron chi connectivity index (χ2n) is 6.05. The molecule has 0 spiro atoms. The standard InChI is InChI=1S/C20H23N5/c1-16-5-3-4-6-18(16)15-23-20-22-13-9-19(24-20)25(2)14-10-17-7-11-21-12-8-17/h3-9,11-13H,10,14-15H2,1-2H3,(H,22,23,24). The van der Waals surface area contributed by atoms with E-state index in [1.807, 2.05) is 42.7 Å². The molecule has 0 amide bonds. The number of rotatable bonds is 7. The molecule has 1 aromatic carbocycles. The van der Waals surface area contributed by atoms with Crippen LogP contribution in [0.25, 0.3) is 0 Å². The van der Waals surface area contributed by atoms with Crippen LogP contribution >= 0.6 is 0 Å². The van der Waals surface area contributed by atoms with Crippen LogP contribution in [0, 0.1) is 6.92 Å². The fourth-order valence-corrected chi connectivity index (χ4v) is 2.59. The number of hydrogen-bond acceptors (Lipinski definition) is 5. The summed E-state index contributed by atoms with van der Waals surface area (Å²) in [5.74, 6) is 1.56. The minimum atomic E-state index is 0.650. The molecule has 2 aromatic heterocycles. The molecule has 3 aromatic rings. The highest BCUT2D eigenvalue weighted by atomic mass is 15.2. The normalized spacial score (nSPS) is 10.5. The summed E-state index contributed by atoms with van der Waals surface area (Å²) in [5, 5.41) is 3.31. The number of pyridine rings is 1. The van der Waals surface area contributed by atoms with Gasteiger partial charge in [0.1, 0.15) is 5.82 Å². The summed E-state index contributed by atoms with van der Waals surface area (Å²) in [6, 6.07) is 14.4. The highest BCUT2D eigenvalue weighted by Crippen LogP contribution is 2.13. The van der Waals surface area contributed by atoms with Crippen molar-refractivity contribution in [2.75, 3.05) is 23.8 Å². The van der Waals surface area contributed by atoms with Crippen molar-refractivity contribution in [3.63, 3.8) is 0 Å². The molecule has 128 valence electrons. The Balaban J connectivity index is 1.59. The maximum Gasteiger partial charge on any atom is 0.224 e. The second-order valence-corrected chi connectivity index (χ2v) is 6.05. The summed E-state index contributed by atoms with van der Waals surface area (Å²) in [7, 11) is 2.05. The summed E-state index contributed by atoms with van der Waals surface area (Å²) >= 11 is 0. The average molecular weight is 333 g/mol. The summed E-state index contributed by atoms with van der Waals surface area (Å²) in [6.45, 7) is 3.72. The van der Waals surface area contributed by atoms with Crippen LogP contribution in [0.2, 0.25) is 0 Å². The van der Waals surface area contributed by atoms with E-state index in [1.54, 1.807) is 6.20 Å². The fraction of sp³-hybridized carbons (Fsp3) is 0.250. The van der Waals surface area contributed by atoms with Gasteiger partial charge in [-0.2, -0.15) is 4.98 Å². The van der Waals surface area contributed by atoms with E-state index in [-0.39, 0.29) is 0 Å². The van der Waals surface area contributed by atoms with Crippen LogP contribution < -0.4 is 10.2 Å². The minimum absolute atomic E-state index is 0.650. The third kappa shape index (κ3) is 4.76. The Labute approximate surface area is 148 Å². The SMILES string of the molecule is Cc1ccccc1CNc1nccc(N(C)CCc2ccncc2)n1. The van der Waals surface area contributed by atoms with Crippen molar-refractivity contribution in [1.29, 1.82) is 0 Å². The van der Waals surface area contributed by atoms with Crippen LogP contribution in [0.15, 0.2) is 61.1 Å². The molecule has 0 saturated heterocycles. The Bertz CT molecular complexity index is 804. The van der Waals surface area contributed by atoms with E-state index in [0.29, 0.717) is 5.95 Å². The van der Waals surface area contributed by atoms with Gasteiger partial charge in [-0.3, -0.25) is 4.98 Å². The van der Waals surface area contributed by atoms with Crippen LogP contribution in [-0.2, 0) is 13.0 Å². The van der Waals surface area contributed by atoms with Crippen molar-refractivity contribution in [3.8, 4) is 0 Å². The van der Waals surface area contributed by atoms with Crippen LogP contribution in [0.4, 0.5) is 11.8 Å². The van der Waals surface area contributed by atoms with Gasteiger partial charge in [-0.1, -0.05) is 24.3 Å². The van der Waals surface area contributed by atoms with Crippen molar-refractivity contribution in [2.24, 2.45) is 0 Å². The molecule has 0 saturated carbocycles. The van der Waals surface area contributed by atoms with Crippen LogP contribution in [0.5, 0.6) is 0 Å². The summed E-state index contributed by atoms with van der Waals surface area (Å²) in [5.41, 5.74) is 3.79. The number of aromatic nitrogens is 3. The molecule has 25 heavy (non-hydrogen) atoms. The quantitative estimate of drug-likeness (QED) is 0.717. The number of anilines is 2. The van der Waals surface area contributed by atoms with Crippen molar-refractivity contribution < 1.29 is 0 Å². The van der Waals surface area contributed by atoms with Gasteiger partial charge < -0.3 is 10.2 Å². The number of benzene rings is 1. The molecule has 0 aliphatic rings. The first-order valence-electron chi connectivity index (χ1n) is 8.44. The lowest BCUT2D eigenvalue weighted by Crippen LogP contribution is -2.22. The molecule has 0 aliphatic heterocycles. The van der Waals surface area contributed by atoms with Crippen molar-refractivity contribution in [1.82, 2.24) is 15.0 Å². The Morgan fingerprint density at radius 3 is 2.60 bits per heavy atom. The Kier molecular flexibility index (Phi) is 5.57. The van der Waals surface area contributed by atoms with Crippen LogP contribution in [0.3, 0.4) is 0 Å². The first-order valence-corrected chi connectivity index (χ1v) is 8.44. The third-order valence-corrected chi connectivity index (χ3v) is 4.22. The van der Waals surface area contributed by atoms with E-state index in [2.05, 4.69) is 51.3 Å². The first-order chi connectivity index (χ1) is 12.2. The van der Waals surface area contributed by atoms with E-state index < -0.39 is 0 Å². The molecule has 0 radical (unpaired) electrons. The van der Waals surface area contributed by atoms with Gasteiger partial charge in [-0.05, 0) is 48.2 Å². The van der Waals surface area contributed by atoms with E-state index in [9.17, 15) is 0 Å². The van der Waals surface area contributed by atoms with E-state index in [4.69, 9.17) is 0 Å². The topological polar surface area (TPSA) is 53.9 Å². The van der Waals surface area contributed by atoms with Crippen molar-refractivity contribution in [2.45, 2.75) is 19.9 Å².